The van der Waals surface area contributed by atoms with Crippen LogP contribution in [-0.2, 0) is 5.41 Å². The number of fused-ring (bicyclic) bond motifs is 3. The highest BCUT2D eigenvalue weighted by molar-refractivity contribution is 6.14. The number of nitrogens with zero attached hydrogens (tertiary/aromatic N) is 2. The first-order valence-electron chi connectivity index (χ1n) is 15.9. The minimum Gasteiger partial charge on any atom is -0.344 e. The van der Waals surface area contributed by atoms with Gasteiger partial charge in [-0.1, -0.05) is 135 Å². The summed E-state index contributed by atoms with van der Waals surface area (Å²) in [4.78, 5) is 10.1. The van der Waals surface area contributed by atoms with Gasteiger partial charge in [0.2, 0.25) is 0 Å². The largest absolute Gasteiger partial charge is 0.344 e. The maximum atomic E-state index is 5.10. The average molecular weight is 582 g/mol. The Morgan fingerprint density at radius 2 is 1.29 bits per heavy atom. The van der Waals surface area contributed by atoms with Crippen molar-refractivity contribution in [3.63, 3.8) is 0 Å². The molecule has 45 heavy (non-hydrogen) atoms. The summed E-state index contributed by atoms with van der Waals surface area (Å²) in [6.07, 6.45) is 8.54. The van der Waals surface area contributed by atoms with Gasteiger partial charge in [0, 0.05) is 16.6 Å². The van der Waals surface area contributed by atoms with Crippen molar-refractivity contribution in [2.45, 2.75) is 38.3 Å². The summed E-state index contributed by atoms with van der Waals surface area (Å²) in [5, 5.41) is 3.58. The van der Waals surface area contributed by atoms with E-state index in [9.17, 15) is 0 Å². The zero-order chi connectivity index (χ0) is 30.4. The van der Waals surface area contributed by atoms with Gasteiger partial charge in [-0.15, -0.1) is 0 Å². The van der Waals surface area contributed by atoms with Gasteiger partial charge in [-0.25, -0.2) is 9.98 Å². The predicted octanol–water partition coefficient (Wildman–Crippen LogP) is 10.1. The molecule has 3 nitrogen and oxygen atoms in total. The summed E-state index contributed by atoms with van der Waals surface area (Å²) in [5.74, 6) is 1.62. The average Bonchev–Trinajstić information content (AvgIpc) is 3.34. The van der Waals surface area contributed by atoms with Crippen molar-refractivity contribution in [1.29, 1.82) is 0 Å². The van der Waals surface area contributed by atoms with E-state index in [1.807, 2.05) is 6.07 Å². The van der Waals surface area contributed by atoms with Crippen LogP contribution < -0.4 is 5.32 Å². The molecule has 8 rings (SSSR count). The Labute approximate surface area is 265 Å². The lowest BCUT2D eigenvalue weighted by molar-refractivity contribution is 0.660. The Morgan fingerprint density at radius 1 is 0.622 bits per heavy atom. The zero-order valence-corrected chi connectivity index (χ0v) is 25.7. The number of benzene rings is 5. The Bertz CT molecular complexity index is 2060. The molecule has 0 amide bonds. The van der Waals surface area contributed by atoms with Crippen molar-refractivity contribution < 1.29 is 0 Å². The second-order valence-electron chi connectivity index (χ2n) is 12.6. The van der Waals surface area contributed by atoms with Crippen LogP contribution in [0.25, 0.3) is 33.4 Å². The lowest BCUT2D eigenvalue weighted by atomic mass is 9.81. The van der Waals surface area contributed by atoms with Gasteiger partial charge in [-0.05, 0) is 81.1 Å². The van der Waals surface area contributed by atoms with Gasteiger partial charge in [0.25, 0.3) is 0 Å². The quantitative estimate of drug-likeness (QED) is 0.220. The molecule has 5 aromatic rings. The van der Waals surface area contributed by atoms with Gasteiger partial charge in [0.15, 0.2) is 5.84 Å². The van der Waals surface area contributed by atoms with Gasteiger partial charge in [0.1, 0.15) is 12.0 Å². The third-order valence-corrected chi connectivity index (χ3v) is 9.36. The molecule has 1 heterocycles. The topological polar surface area (TPSA) is 36.8 Å². The number of hydrogen-bond donors (Lipinski definition) is 1. The minimum atomic E-state index is -0.202. The third kappa shape index (κ3) is 4.95. The number of amidine groups is 2. The first-order valence-corrected chi connectivity index (χ1v) is 15.9. The van der Waals surface area contributed by atoms with Crippen LogP contribution in [0.5, 0.6) is 0 Å². The monoisotopic (exact) mass is 581 g/mol. The van der Waals surface area contributed by atoms with Gasteiger partial charge in [-0.3, -0.25) is 0 Å². The standard InChI is InChI=1S/C42H35N3/c1-42(2)37-22-10-9-21-35(37)36-24-23-33(27-38(36)42)31-18-11-17-30(25-31)32-19-12-20-34(26-32)41-44-39(28-13-5-3-6-14-28)43-40(45-41)29-15-7-4-8-16-29/h3,5-7,9-27,39H,4,8H2,1-2H3,(H,43,44,45). The molecule has 5 aromatic carbocycles. The normalized spacial score (nSPS) is 17.8. The molecule has 0 saturated carbocycles. The fourth-order valence-corrected chi connectivity index (χ4v) is 6.92. The van der Waals surface area contributed by atoms with E-state index in [2.05, 4.69) is 153 Å². The van der Waals surface area contributed by atoms with Gasteiger partial charge in [-0.2, -0.15) is 0 Å². The summed E-state index contributed by atoms with van der Waals surface area (Å²) in [6.45, 7) is 4.68. The van der Waals surface area contributed by atoms with Crippen molar-refractivity contribution in [1.82, 2.24) is 5.32 Å². The highest BCUT2D eigenvalue weighted by atomic mass is 15.2. The van der Waals surface area contributed by atoms with Gasteiger partial charge < -0.3 is 5.32 Å². The van der Waals surface area contributed by atoms with E-state index in [1.165, 1.54) is 38.9 Å². The van der Waals surface area contributed by atoms with E-state index in [-0.39, 0.29) is 11.6 Å². The molecule has 1 atom stereocenters. The Balaban J connectivity index is 1.15. The van der Waals surface area contributed by atoms with E-state index >= 15 is 0 Å². The van der Waals surface area contributed by atoms with Crippen LogP contribution in [0.15, 0.2) is 155 Å². The molecule has 3 heteroatoms. The lowest BCUT2D eigenvalue weighted by Gasteiger charge is -2.24. The van der Waals surface area contributed by atoms with Crippen LogP contribution in [0.1, 0.15) is 55.1 Å². The molecule has 3 aliphatic rings. The fourth-order valence-electron chi connectivity index (χ4n) is 6.92. The molecule has 2 aliphatic carbocycles. The zero-order valence-electron chi connectivity index (χ0n) is 25.7. The summed E-state index contributed by atoms with van der Waals surface area (Å²) >= 11 is 0. The first kappa shape index (κ1) is 27.3. The highest BCUT2D eigenvalue weighted by Gasteiger charge is 2.35. The van der Waals surface area contributed by atoms with E-state index in [1.54, 1.807) is 0 Å². The van der Waals surface area contributed by atoms with Crippen molar-refractivity contribution >= 4 is 11.7 Å². The Hall–Kier alpha value is -5.28. The maximum Gasteiger partial charge on any atom is 0.159 e. The summed E-state index contributed by atoms with van der Waals surface area (Å²) in [6, 6.07) is 43.7. The lowest BCUT2D eigenvalue weighted by Crippen LogP contribution is -2.34. The number of hydrogen-bond acceptors (Lipinski definition) is 3. The second kappa shape index (κ2) is 11.0. The molecule has 1 N–H and O–H groups in total. The Kier molecular flexibility index (Phi) is 6.68. The maximum absolute atomic E-state index is 5.10. The molecule has 1 aliphatic heterocycles. The van der Waals surface area contributed by atoms with Crippen molar-refractivity contribution in [3.8, 4) is 33.4 Å². The number of aliphatic imine (C=N–C) groups is 2. The summed E-state index contributed by atoms with van der Waals surface area (Å²) in [5.41, 5.74) is 13.5. The van der Waals surface area contributed by atoms with Crippen LogP contribution in [0, 0.1) is 0 Å². The molecule has 1 unspecified atom stereocenters. The molecule has 0 aromatic heterocycles. The molecular weight excluding hydrogens is 546 g/mol. The van der Waals surface area contributed by atoms with Crippen molar-refractivity contribution in [2.24, 2.45) is 9.98 Å². The predicted molar refractivity (Wildman–Crippen MR) is 188 cm³/mol. The fraction of sp³-hybridized carbons (Fsp3) is 0.143. The number of allylic oxidation sites excluding steroid dienone is 2. The minimum absolute atomic E-state index is 0.0239. The summed E-state index contributed by atoms with van der Waals surface area (Å²) < 4.78 is 0. The molecule has 0 radical (unpaired) electrons. The van der Waals surface area contributed by atoms with E-state index in [4.69, 9.17) is 9.98 Å². The highest BCUT2D eigenvalue weighted by Crippen LogP contribution is 2.49. The van der Waals surface area contributed by atoms with E-state index in [0.717, 1.165) is 46.8 Å². The van der Waals surface area contributed by atoms with E-state index < -0.39 is 0 Å². The van der Waals surface area contributed by atoms with Crippen LogP contribution in [0.4, 0.5) is 0 Å². The van der Waals surface area contributed by atoms with Crippen LogP contribution in [-0.4, -0.2) is 11.7 Å². The molecule has 218 valence electrons. The molecule has 0 spiro atoms. The Morgan fingerprint density at radius 3 is 2.04 bits per heavy atom. The van der Waals surface area contributed by atoms with Gasteiger partial charge >= 0.3 is 0 Å². The van der Waals surface area contributed by atoms with Crippen LogP contribution in [0.2, 0.25) is 0 Å². The van der Waals surface area contributed by atoms with Crippen molar-refractivity contribution in [2.75, 3.05) is 0 Å². The first-order chi connectivity index (χ1) is 22.0. The van der Waals surface area contributed by atoms with E-state index in [0.29, 0.717) is 0 Å². The van der Waals surface area contributed by atoms with Gasteiger partial charge in [0.05, 0.1) is 0 Å². The van der Waals surface area contributed by atoms with Crippen LogP contribution >= 0.6 is 0 Å². The molecule has 0 fully saturated rings. The summed E-state index contributed by atoms with van der Waals surface area (Å²) in [7, 11) is 0. The molecule has 0 saturated heterocycles. The van der Waals surface area contributed by atoms with Crippen LogP contribution in [0.3, 0.4) is 0 Å². The van der Waals surface area contributed by atoms with Crippen molar-refractivity contribution in [3.05, 3.63) is 167 Å². The second-order valence-corrected chi connectivity index (χ2v) is 12.6. The molecular formula is C42H35N3. The smallest absolute Gasteiger partial charge is 0.159 e. The number of nitrogens with one attached hydrogen (secondary N) is 1. The SMILES string of the molecule is CC1(C)c2ccccc2-c2ccc(-c3cccc(-c4cccc(C5=NC(c6ccccc6)NC(C6=CCCC=C6)=N5)c4)c3)cc21. The number of rotatable bonds is 5. The third-order valence-electron chi connectivity index (χ3n) is 9.36. The molecule has 0 bridgehead atoms.